The predicted octanol–water partition coefficient (Wildman–Crippen LogP) is 6.53. The molecule has 1 atom stereocenters. The van der Waals surface area contributed by atoms with Crippen molar-refractivity contribution in [2.24, 2.45) is 5.41 Å². The molecule has 0 saturated heterocycles. The Balaban J connectivity index is 1.48. The summed E-state index contributed by atoms with van der Waals surface area (Å²) in [6.07, 6.45) is 0. The number of methoxy groups -OCH3 is 2. The van der Waals surface area contributed by atoms with Crippen LogP contribution in [-0.2, 0) is 19.7 Å². The van der Waals surface area contributed by atoms with Gasteiger partial charge in [-0.1, -0.05) is 93.6 Å². The molecule has 0 aliphatic heterocycles. The van der Waals surface area contributed by atoms with Gasteiger partial charge in [-0.2, -0.15) is 0 Å². The minimum absolute atomic E-state index is 0.0338. The summed E-state index contributed by atoms with van der Waals surface area (Å²) in [6.45, 7) is 8.40. The van der Waals surface area contributed by atoms with Gasteiger partial charge in [0.2, 0.25) is 0 Å². The quantitative estimate of drug-likeness (QED) is 0.159. The van der Waals surface area contributed by atoms with Crippen LogP contribution in [-0.4, -0.2) is 37.0 Å². The molecule has 0 bridgehead atoms. The van der Waals surface area contributed by atoms with Crippen LogP contribution >= 0.6 is 0 Å². The number of para-hydroxylation sites is 3. The second-order valence-electron chi connectivity index (χ2n) is 11.2. The Kier molecular flexibility index (Phi) is 10.1. The molecule has 0 aliphatic carbocycles. The molecular weight excluding hydrogens is 512 g/mol. The number of aromatic hydroxyl groups is 1. The molecule has 0 fully saturated rings. The number of nitrogens with one attached hydrogen (secondary N) is 2. The zero-order valence-corrected chi connectivity index (χ0v) is 24.7. The summed E-state index contributed by atoms with van der Waals surface area (Å²) in [7, 11) is 3.30. The zero-order valence-electron chi connectivity index (χ0n) is 24.7. The van der Waals surface area contributed by atoms with E-state index < -0.39 is 0 Å². The molecule has 0 aliphatic rings. The first-order valence-corrected chi connectivity index (χ1v) is 14.0. The standard InChI is InChI=1S/C35H42N2O4/c1-35(2,3)33(22-36-20-25-13-11-17-29(34(25)39)28-15-7-9-19-32(28)41-5)37-21-24-12-10-16-26(30(24)23-38)27-14-6-8-18-31(27)40-4/h6-19,33,36-39H,20-23H2,1-5H3. The van der Waals surface area contributed by atoms with Gasteiger partial charge in [0.15, 0.2) is 0 Å². The number of hydrogen-bond donors (Lipinski definition) is 4. The van der Waals surface area contributed by atoms with Gasteiger partial charge in [0, 0.05) is 47.9 Å². The highest BCUT2D eigenvalue weighted by molar-refractivity contribution is 5.77. The normalized spacial score (nSPS) is 12.2. The maximum Gasteiger partial charge on any atom is 0.128 e. The first-order chi connectivity index (χ1) is 19.8. The van der Waals surface area contributed by atoms with Gasteiger partial charge in [-0.05, 0) is 34.2 Å². The monoisotopic (exact) mass is 554 g/mol. The average molecular weight is 555 g/mol. The fraction of sp³-hybridized carbons (Fsp3) is 0.314. The molecule has 41 heavy (non-hydrogen) atoms. The number of rotatable bonds is 12. The van der Waals surface area contributed by atoms with Crippen molar-refractivity contribution in [2.45, 2.75) is 46.5 Å². The van der Waals surface area contributed by atoms with E-state index in [1.54, 1.807) is 14.2 Å². The largest absolute Gasteiger partial charge is 0.507 e. The van der Waals surface area contributed by atoms with Crippen LogP contribution in [0.15, 0.2) is 84.9 Å². The first kappa shape index (κ1) is 30.1. The molecule has 1 unspecified atom stereocenters. The lowest BCUT2D eigenvalue weighted by atomic mass is 9.86. The fourth-order valence-electron chi connectivity index (χ4n) is 5.19. The third-order valence-corrected chi connectivity index (χ3v) is 7.59. The summed E-state index contributed by atoms with van der Waals surface area (Å²) in [5.74, 6) is 1.76. The highest BCUT2D eigenvalue weighted by atomic mass is 16.5. The van der Waals surface area contributed by atoms with E-state index in [0.717, 1.165) is 50.4 Å². The molecule has 0 aromatic heterocycles. The highest BCUT2D eigenvalue weighted by Crippen LogP contribution is 2.38. The van der Waals surface area contributed by atoms with Crippen molar-refractivity contribution >= 4 is 0 Å². The summed E-state index contributed by atoms with van der Waals surface area (Å²) < 4.78 is 11.1. The topological polar surface area (TPSA) is 83.0 Å². The van der Waals surface area contributed by atoms with Crippen molar-refractivity contribution in [3.8, 4) is 39.5 Å². The van der Waals surface area contributed by atoms with Crippen molar-refractivity contribution in [3.63, 3.8) is 0 Å². The zero-order chi connectivity index (χ0) is 29.4. The van der Waals surface area contributed by atoms with Crippen LogP contribution in [0, 0.1) is 5.41 Å². The van der Waals surface area contributed by atoms with Crippen molar-refractivity contribution in [1.82, 2.24) is 10.6 Å². The molecular formula is C35H42N2O4. The molecule has 4 aromatic carbocycles. The SMILES string of the molecule is COc1ccccc1-c1cccc(CNCC(NCc2cccc(-c3ccccc3OC)c2CO)C(C)(C)C)c1O. The number of aliphatic hydroxyl groups is 1. The van der Waals surface area contributed by atoms with Crippen LogP contribution in [0.2, 0.25) is 0 Å². The molecule has 216 valence electrons. The smallest absolute Gasteiger partial charge is 0.128 e. The number of phenols is 1. The summed E-state index contributed by atoms with van der Waals surface area (Å²) in [5.41, 5.74) is 6.28. The second-order valence-corrected chi connectivity index (χ2v) is 11.2. The Morgan fingerprint density at radius 1 is 0.683 bits per heavy atom. The minimum atomic E-state index is -0.0640. The van der Waals surface area contributed by atoms with Crippen LogP contribution < -0.4 is 20.1 Å². The van der Waals surface area contributed by atoms with Gasteiger partial charge >= 0.3 is 0 Å². The van der Waals surface area contributed by atoms with E-state index in [4.69, 9.17) is 9.47 Å². The lowest BCUT2D eigenvalue weighted by molar-refractivity contribution is 0.255. The Hall–Kier alpha value is -3.84. The second kappa shape index (κ2) is 13.7. The van der Waals surface area contributed by atoms with Crippen LogP contribution in [0.3, 0.4) is 0 Å². The van der Waals surface area contributed by atoms with E-state index in [2.05, 4.69) is 37.5 Å². The van der Waals surface area contributed by atoms with Crippen molar-refractivity contribution in [3.05, 3.63) is 102 Å². The van der Waals surface area contributed by atoms with Crippen molar-refractivity contribution in [2.75, 3.05) is 20.8 Å². The van der Waals surface area contributed by atoms with Crippen LogP contribution in [0.1, 0.15) is 37.5 Å². The summed E-state index contributed by atoms with van der Waals surface area (Å²) >= 11 is 0. The number of ether oxygens (including phenoxy) is 2. The number of hydrogen-bond acceptors (Lipinski definition) is 6. The number of aliphatic hydroxyl groups excluding tert-OH is 1. The molecule has 0 amide bonds. The maximum absolute atomic E-state index is 11.1. The number of benzene rings is 4. The average Bonchev–Trinajstić information content (AvgIpc) is 2.98. The maximum atomic E-state index is 11.1. The van der Waals surface area contributed by atoms with E-state index in [9.17, 15) is 10.2 Å². The number of phenolic OH excluding ortho intramolecular Hbond substituents is 1. The van der Waals surface area contributed by atoms with Gasteiger partial charge in [0.1, 0.15) is 17.2 Å². The van der Waals surface area contributed by atoms with E-state index in [0.29, 0.717) is 19.6 Å². The molecule has 0 radical (unpaired) electrons. The lowest BCUT2D eigenvalue weighted by Gasteiger charge is -2.32. The molecule has 6 heteroatoms. The Bertz CT molecular complexity index is 1440. The molecule has 0 heterocycles. The third kappa shape index (κ3) is 7.09. The molecule has 6 nitrogen and oxygen atoms in total. The van der Waals surface area contributed by atoms with Gasteiger partial charge in [0.05, 0.1) is 20.8 Å². The molecule has 0 spiro atoms. The molecule has 0 saturated carbocycles. The summed E-state index contributed by atoms with van der Waals surface area (Å²) in [6, 6.07) is 27.7. The summed E-state index contributed by atoms with van der Waals surface area (Å²) in [4.78, 5) is 0. The van der Waals surface area contributed by atoms with Crippen LogP contribution in [0.25, 0.3) is 22.3 Å². The van der Waals surface area contributed by atoms with E-state index in [1.165, 1.54) is 0 Å². The van der Waals surface area contributed by atoms with Gasteiger partial charge in [-0.15, -0.1) is 0 Å². The first-order valence-electron chi connectivity index (χ1n) is 14.0. The van der Waals surface area contributed by atoms with E-state index >= 15 is 0 Å². The third-order valence-electron chi connectivity index (χ3n) is 7.59. The fourth-order valence-corrected chi connectivity index (χ4v) is 5.19. The van der Waals surface area contributed by atoms with Crippen LogP contribution in [0.5, 0.6) is 17.2 Å². The Morgan fingerprint density at radius 3 is 1.80 bits per heavy atom. The Morgan fingerprint density at radius 2 is 1.22 bits per heavy atom. The van der Waals surface area contributed by atoms with Gasteiger partial charge in [-0.3, -0.25) is 0 Å². The van der Waals surface area contributed by atoms with Crippen molar-refractivity contribution in [1.29, 1.82) is 0 Å². The molecule has 4 aromatic rings. The van der Waals surface area contributed by atoms with Crippen molar-refractivity contribution < 1.29 is 19.7 Å². The van der Waals surface area contributed by atoms with E-state index in [1.807, 2.05) is 78.9 Å². The molecule has 4 rings (SSSR count). The summed E-state index contributed by atoms with van der Waals surface area (Å²) in [5, 5.41) is 28.8. The lowest BCUT2D eigenvalue weighted by Crippen LogP contribution is -2.47. The minimum Gasteiger partial charge on any atom is -0.507 e. The van der Waals surface area contributed by atoms with E-state index in [-0.39, 0.29) is 23.8 Å². The predicted molar refractivity (Wildman–Crippen MR) is 166 cm³/mol. The van der Waals surface area contributed by atoms with Crippen LogP contribution in [0.4, 0.5) is 0 Å². The van der Waals surface area contributed by atoms with Gasteiger partial charge in [-0.25, -0.2) is 0 Å². The Labute approximate surface area is 244 Å². The highest BCUT2D eigenvalue weighted by Gasteiger charge is 2.25. The molecule has 4 N–H and O–H groups in total. The van der Waals surface area contributed by atoms with Gasteiger partial charge in [0.25, 0.3) is 0 Å². The van der Waals surface area contributed by atoms with Gasteiger partial charge < -0.3 is 30.3 Å².